The number of tetrazole rings is 1. The molecular weight excluding hydrogens is 398 g/mol. The van der Waals surface area contributed by atoms with Crippen molar-refractivity contribution >= 4 is 5.69 Å². The molecule has 6 nitrogen and oxygen atoms in total. The predicted octanol–water partition coefficient (Wildman–Crippen LogP) is 4.01. The summed E-state index contributed by atoms with van der Waals surface area (Å²) < 4.78 is 29.8. The highest BCUT2D eigenvalue weighted by molar-refractivity contribution is 5.48. The minimum atomic E-state index is -0.277. The maximum atomic E-state index is 14.3. The molecule has 8 heteroatoms. The molecule has 2 heterocycles. The normalized spacial score (nSPS) is 16.5. The molecule has 0 spiro atoms. The zero-order chi connectivity index (χ0) is 22.0. The maximum Gasteiger partial charge on any atom is 0.173 e. The Kier molecular flexibility index (Phi) is 6.00. The monoisotopic (exact) mass is 426 g/mol. The summed E-state index contributed by atoms with van der Waals surface area (Å²) >= 11 is 0. The second-order valence-electron chi connectivity index (χ2n) is 8.54. The quantitative estimate of drug-likeness (QED) is 0.596. The lowest BCUT2D eigenvalue weighted by Crippen LogP contribution is -2.49. The third-order valence-electron chi connectivity index (χ3n) is 6.24. The van der Waals surface area contributed by atoms with E-state index < -0.39 is 0 Å². The topological polar surface area (TPSA) is 50.1 Å². The number of anilines is 1. The van der Waals surface area contributed by atoms with Gasteiger partial charge in [0.2, 0.25) is 0 Å². The van der Waals surface area contributed by atoms with Gasteiger partial charge in [-0.05, 0) is 60.5 Å². The lowest BCUT2D eigenvalue weighted by atomic mass is 9.99. The number of hydrogen-bond acceptors (Lipinski definition) is 5. The number of nitrogens with zero attached hydrogens (tertiary/aromatic N) is 6. The van der Waals surface area contributed by atoms with Crippen LogP contribution in [-0.4, -0.2) is 51.3 Å². The molecule has 1 saturated heterocycles. The number of hydrogen-bond donors (Lipinski definition) is 0. The molecule has 164 valence electrons. The SMILES string of the molecule is CCC(C)(C)n1nnnc1[C@@H](c1ccc(F)cc1)N1CCN(c2ccccc2F)CC1. The van der Waals surface area contributed by atoms with E-state index in [4.69, 9.17) is 0 Å². The van der Waals surface area contributed by atoms with Gasteiger partial charge in [-0.15, -0.1) is 5.10 Å². The van der Waals surface area contributed by atoms with Crippen LogP contribution in [0.4, 0.5) is 14.5 Å². The van der Waals surface area contributed by atoms with Gasteiger partial charge < -0.3 is 4.90 Å². The molecule has 1 aliphatic rings. The second-order valence-corrected chi connectivity index (χ2v) is 8.54. The van der Waals surface area contributed by atoms with Crippen LogP contribution in [0.2, 0.25) is 0 Å². The van der Waals surface area contributed by atoms with Crippen LogP contribution in [0.5, 0.6) is 0 Å². The van der Waals surface area contributed by atoms with Crippen molar-refractivity contribution in [3.8, 4) is 0 Å². The van der Waals surface area contributed by atoms with Crippen molar-refractivity contribution in [3.05, 3.63) is 71.6 Å². The van der Waals surface area contributed by atoms with Gasteiger partial charge in [0.05, 0.1) is 17.3 Å². The molecule has 0 bridgehead atoms. The number of para-hydroxylation sites is 1. The van der Waals surface area contributed by atoms with E-state index in [-0.39, 0.29) is 23.2 Å². The summed E-state index contributed by atoms with van der Waals surface area (Å²) in [6.07, 6.45) is 0.863. The first-order chi connectivity index (χ1) is 14.9. The van der Waals surface area contributed by atoms with Crippen LogP contribution in [-0.2, 0) is 5.54 Å². The Morgan fingerprint density at radius 2 is 1.65 bits per heavy atom. The molecule has 1 aliphatic heterocycles. The van der Waals surface area contributed by atoms with E-state index in [0.717, 1.165) is 17.8 Å². The fraction of sp³-hybridized carbons (Fsp3) is 0.435. The molecule has 1 aromatic heterocycles. The van der Waals surface area contributed by atoms with Gasteiger partial charge in [-0.3, -0.25) is 4.90 Å². The lowest BCUT2D eigenvalue weighted by molar-refractivity contribution is 0.187. The predicted molar refractivity (Wildman–Crippen MR) is 116 cm³/mol. The molecule has 0 radical (unpaired) electrons. The van der Waals surface area contributed by atoms with Crippen LogP contribution in [0.15, 0.2) is 48.5 Å². The highest BCUT2D eigenvalue weighted by atomic mass is 19.1. The Morgan fingerprint density at radius 3 is 2.29 bits per heavy atom. The number of halogens is 2. The molecule has 1 fully saturated rings. The van der Waals surface area contributed by atoms with Crippen molar-refractivity contribution in [2.75, 3.05) is 31.1 Å². The average molecular weight is 427 g/mol. The van der Waals surface area contributed by atoms with E-state index in [9.17, 15) is 8.78 Å². The number of benzene rings is 2. The van der Waals surface area contributed by atoms with Gasteiger partial charge in [-0.1, -0.05) is 31.2 Å². The fourth-order valence-corrected chi connectivity index (χ4v) is 4.04. The largest absolute Gasteiger partial charge is 0.367 e. The molecule has 0 amide bonds. The molecule has 4 rings (SSSR count). The summed E-state index contributed by atoms with van der Waals surface area (Å²) in [5.74, 6) is 0.248. The first-order valence-corrected chi connectivity index (χ1v) is 10.7. The standard InChI is InChI=1S/C23H28F2N6/c1-4-23(2,3)31-22(26-27-28-31)21(17-9-11-18(24)12-10-17)30-15-13-29(14-16-30)20-8-6-5-7-19(20)25/h5-12,21H,4,13-16H2,1-3H3/t21-/m1/s1. The number of rotatable bonds is 6. The van der Waals surface area contributed by atoms with E-state index >= 15 is 0 Å². The maximum absolute atomic E-state index is 14.3. The molecule has 1 atom stereocenters. The third-order valence-corrected chi connectivity index (χ3v) is 6.24. The molecule has 0 aliphatic carbocycles. The van der Waals surface area contributed by atoms with Gasteiger partial charge in [0.25, 0.3) is 0 Å². The minimum Gasteiger partial charge on any atom is -0.367 e. The van der Waals surface area contributed by atoms with Gasteiger partial charge in [0.15, 0.2) is 5.82 Å². The molecule has 3 aromatic rings. The van der Waals surface area contributed by atoms with Crippen molar-refractivity contribution in [1.82, 2.24) is 25.1 Å². The summed E-state index contributed by atoms with van der Waals surface area (Å²) in [5.41, 5.74) is 1.30. The summed E-state index contributed by atoms with van der Waals surface area (Å²) in [4.78, 5) is 4.35. The lowest BCUT2D eigenvalue weighted by Gasteiger charge is -2.40. The first-order valence-electron chi connectivity index (χ1n) is 10.7. The molecule has 0 saturated carbocycles. The van der Waals surface area contributed by atoms with Gasteiger partial charge in [0, 0.05) is 26.2 Å². The Hall–Kier alpha value is -2.87. The molecule has 0 unspecified atom stereocenters. The highest BCUT2D eigenvalue weighted by Crippen LogP contribution is 2.32. The van der Waals surface area contributed by atoms with Crippen LogP contribution in [0.25, 0.3) is 0 Å². The van der Waals surface area contributed by atoms with Gasteiger partial charge >= 0.3 is 0 Å². The number of piperazine rings is 1. The van der Waals surface area contributed by atoms with Crippen LogP contribution >= 0.6 is 0 Å². The summed E-state index contributed by atoms with van der Waals surface area (Å²) in [6.45, 7) is 9.07. The Morgan fingerprint density at radius 1 is 0.968 bits per heavy atom. The zero-order valence-electron chi connectivity index (χ0n) is 18.2. The summed E-state index contributed by atoms with van der Waals surface area (Å²) in [7, 11) is 0. The van der Waals surface area contributed by atoms with Gasteiger partial charge in [0.1, 0.15) is 11.6 Å². The van der Waals surface area contributed by atoms with Crippen LogP contribution in [0.1, 0.15) is 44.6 Å². The molecule has 31 heavy (non-hydrogen) atoms. The fourth-order valence-electron chi connectivity index (χ4n) is 4.04. The first kappa shape index (κ1) is 21.4. The average Bonchev–Trinajstić information content (AvgIpc) is 3.27. The van der Waals surface area contributed by atoms with Crippen molar-refractivity contribution in [2.45, 2.75) is 38.8 Å². The molecular formula is C23H28F2N6. The van der Waals surface area contributed by atoms with Crippen molar-refractivity contribution < 1.29 is 8.78 Å². The number of aromatic nitrogens is 4. The van der Waals surface area contributed by atoms with Crippen molar-refractivity contribution in [1.29, 1.82) is 0 Å². The van der Waals surface area contributed by atoms with Gasteiger partial charge in [-0.25, -0.2) is 13.5 Å². The van der Waals surface area contributed by atoms with E-state index in [1.807, 2.05) is 16.8 Å². The van der Waals surface area contributed by atoms with Gasteiger partial charge in [-0.2, -0.15) is 0 Å². The Balaban J connectivity index is 1.65. The Bertz CT molecular complexity index is 1010. The summed E-state index contributed by atoms with van der Waals surface area (Å²) in [6, 6.07) is 13.2. The van der Waals surface area contributed by atoms with E-state index in [1.165, 1.54) is 18.2 Å². The van der Waals surface area contributed by atoms with E-state index in [0.29, 0.717) is 31.9 Å². The van der Waals surface area contributed by atoms with E-state index in [2.05, 4.69) is 46.1 Å². The van der Waals surface area contributed by atoms with Crippen LogP contribution < -0.4 is 4.90 Å². The molecule has 2 aromatic carbocycles. The van der Waals surface area contributed by atoms with E-state index in [1.54, 1.807) is 18.2 Å². The second kappa shape index (κ2) is 8.70. The van der Waals surface area contributed by atoms with Crippen LogP contribution in [0, 0.1) is 11.6 Å². The highest BCUT2D eigenvalue weighted by Gasteiger charge is 2.34. The molecule has 0 N–H and O–H groups in total. The zero-order valence-corrected chi connectivity index (χ0v) is 18.2. The smallest absolute Gasteiger partial charge is 0.173 e. The Labute approximate surface area is 181 Å². The minimum absolute atomic E-state index is 0.209. The third kappa shape index (κ3) is 4.30. The van der Waals surface area contributed by atoms with Crippen molar-refractivity contribution in [2.24, 2.45) is 0 Å². The summed E-state index contributed by atoms with van der Waals surface area (Å²) in [5, 5.41) is 12.6. The van der Waals surface area contributed by atoms with Crippen LogP contribution in [0.3, 0.4) is 0 Å². The van der Waals surface area contributed by atoms with Crippen molar-refractivity contribution in [3.63, 3.8) is 0 Å².